The van der Waals surface area contributed by atoms with E-state index in [9.17, 15) is 18.0 Å². The molecule has 9 heteroatoms. The Morgan fingerprint density at radius 1 is 1.00 bits per heavy atom. The first kappa shape index (κ1) is 21.0. The van der Waals surface area contributed by atoms with Crippen LogP contribution in [-0.4, -0.2) is 47.0 Å². The highest BCUT2D eigenvalue weighted by atomic mass is 32.1. The Kier molecular flexibility index (Phi) is 5.38. The summed E-state index contributed by atoms with van der Waals surface area (Å²) in [5.74, 6) is 1.04. The van der Waals surface area contributed by atoms with Crippen molar-refractivity contribution in [2.24, 2.45) is 0 Å². The Bertz CT molecular complexity index is 1320. The highest BCUT2D eigenvalue weighted by Gasteiger charge is 2.33. The molecule has 5 rings (SSSR count). The molecule has 0 unspecified atom stereocenters. The number of halogens is 3. The first-order chi connectivity index (χ1) is 15.4. The zero-order valence-corrected chi connectivity index (χ0v) is 18.0. The van der Waals surface area contributed by atoms with Crippen LogP contribution in [0.25, 0.3) is 21.0 Å². The van der Waals surface area contributed by atoms with Crippen LogP contribution < -0.4 is 10.5 Å². The number of H-pyrrole nitrogens is 1. The van der Waals surface area contributed by atoms with E-state index in [1.54, 1.807) is 18.2 Å². The van der Waals surface area contributed by atoms with Crippen molar-refractivity contribution in [3.63, 3.8) is 0 Å². The number of nitrogens with one attached hydrogen (secondary N) is 1. The molecule has 32 heavy (non-hydrogen) atoms. The summed E-state index contributed by atoms with van der Waals surface area (Å²) >= 11 is 1.51. The predicted octanol–water partition coefficient (Wildman–Crippen LogP) is 4.52. The Labute approximate surface area is 186 Å². The van der Waals surface area contributed by atoms with Crippen molar-refractivity contribution in [2.75, 3.05) is 37.6 Å². The van der Waals surface area contributed by atoms with Crippen LogP contribution in [0.15, 0.2) is 53.3 Å². The van der Waals surface area contributed by atoms with Gasteiger partial charge in [-0.15, -0.1) is 0 Å². The van der Waals surface area contributed by atoms with E-state index in [4.69, 9.17) is 0 Å². The van der Waals surface area contributed by atoms with Gasteiger partial charge in [0.2, 0.25) is 5.56 Å². The van der Waals surface area contributed by atoms with E-state index >= 15 is 0 Å². The third-order valence-electron chi connectivity index (χ3n) is 5.96. The maximum Gasteiger partial charge on any atom is 0.417 e. The van der Waals surface area contributed by atoms with Crippen LogP contribution in [0.2, 0.25) is 0 Å². The van der Waals surface area contributed by atoms with E-state index in [0.29, 0.717) is 12.5 Å². The molecule has 1 saturated heterocycles. The fourth-order valence-electron chi connectivity index (χ4n) is 4.26. The van der Waals surface area contributed by atoms with Crippen molar-refractivity contribution < 1.29 is 13.2 Å². The number of pyridine rings is 1. The molecule has 0 radical (unpaired) electrons. The predicted molar refractivity (Wildman–Crippen MR) is 122 cm³/mol. The van der Waals surface area contributed by atoms with E-state index in [1.165, 1.54) is 21.6 Å². The summed E-state index contributed by atoms with van der Waals surface area (Å²) in [6.07, 6.45) is -3.92. The van der Waals surface area contributed by atoms with Crippen LogP contribution in [0, 0.1) is 0 Å². The molecule has 0 bridgehead atoms. The average Bonchev–Trinajstić information content (AvgIpc) is 3.21. The number of anilines is 1. The van der Waals surface area contributed by atoms with Gasteiger partial charge in [0.05, 0.1) is 10.3 Å². The lowest BCUT2D eigenvalue weighted by atomic mass is 10.0. The molecule has 5 nitrogen and oxygen atoms in total. The van der Waals surface area contributed by atoms with Gasteiger partial charge >= 0.3 is 6.18 Å². The van der Waals surface area contributed by atoms with Gasteiger partial charge in [-0.1, -0.05) is 18.2 Å². The van der Waals surface area contributed by atoms with Gasteiger partial charge in [0.15, 0.2) is 0 Å². The summed E-state index contributed by atoms with van der Waals surface area (Å²) in [7, 11) is 0. The van der Waals surface area contributed by atoms with Gasteiger partial charge in [0.1, 0.15) is 5.82 Å². The minimum absolute atomic E-state index is 0.0369. The van der Waals surface area contributed by atoms with Crippen molar-refractivity contribution in [2.45, 2.75) is 12.6 Å². The van der Waals surface area contributed by atoms with E-state index < -0.39 is 17.3 Å². The summed E-state index contributed by atoms with van der Waals surface area (Å²) in [6.45, 7) is 4.25. The molecule has 1 N–H and O–H groups in total. The molecule has 2 aromatic heterocycles. The third-order valence-corrected chi connectivity index (χ3v) is 6.78. The number of fused-ring (bicyclic) bond motifs is 2. The SMILES string of the molecule is O=c1cc(C(F)(F)F)c2cc(CCN3CCN(c4nsc5ccccc45)CC3)ccc2[nH]1. The summed E-state index contributed by atoms with van der Waals surface area (Å²) in [4.78, 5) is 18.7. The fourth-order valence-corrected chi connectivity index (χ4v) is 5.06. The fraction of sp³-hybridized carbons (Fsp3) is 0.304. The maximum absolute atomic E-state index is 13.4. The molecular weight excluding hydrogens is 437 g/mol. The average molecular weight is 459 g/mol. The Morgan fingerprint density at radius 2 is 1.78 bits per heavy atom. The minimum atomic E-state index is -4.57. The molecule has 0 amide bonds. The number of rotatable bonds is 4. The van der Waals surface area contributed by atoms with Gasteiger partial charge in [-0.2, -0.15) is 17.5 Å². The summed E-state index contributed by atoms with van der Waals surface area (Å²) < 4.78 is 46.0. The molecule has 3 heterocycles. The lowest BCUT2D eigenvalue weighted by Gasteiger charge is -2.35. The molecule has 1 fully saturated rings. The molecule has 2 aromatic carbocycles. The van der Waals surface area contributed by atoms with Crippen LogP contribution in [0.3, 0.4) is 0 Å². The number of hydrogen-bond donors (Lipinski definition) is 1. The molecular formula is C23H21F3N4OS. The minimum Gasteiger partial charge on any atom is -0.353 e. The molecule has 0 spiro atoms. The lowest BCUT2D eigenvalue weighted by Crippen LogP contribution is -2.47. The van der Waals surface area contributed by atoms with Crippen molar-refractivity contribution in [3.8, 4) is 0 Å². The number of benzene rings is 2. The summed E-state index contributed by atoms with van der Waals surface area (Å²) in [5, 5.41) is 1.22. The quantitative estimate of drug-likeness (QED) is 0.489. The third kappa shape index (κ3) is 4.10. The van der Waals surface area contributed by atoms with E-state index in [0.717, 1.165) is 44.1 Å². The van der Waals surface area contributed by atoms with Crippen LogP contribution >= 0.6 is 11.5 Å². The molecule has 1 aliphatic rings. The van der Waals surface area contributed by atoms with Crippen LogP contribution in [0.1, 0.15) is 11.1 Å². The smallest absolute Gasteiger partial charge is 0.353 e. The second-order valence-corrected chi connectivity index (χ2v) is 8.81. The standard InChI is InChI=1S/C23H21F3N4OS/c24-23(25,26)18-14-21(31)27-19-6-5-15(13-17(18)19)7-8-29-9-11-30(12-10-29)22-16-3-1-2-4-20(16)32-28-22/h1-6,13-14H,7-12H2,(H,27,31). The molecule has 166 valence electrons. The molecule has 0 atom stereocenters. The van der Waals surface area contributed by atoms with Gasteiger partial charge in [0.25, 0.3) is 0 Å². The van der Waals surface area contributed by atoms with Gasteiger partial charge in [-0.05, 0) is 47.8 Å². The Hall–Kier alpha value is -2.91. The van der Waals surface area contributed by atoms with Gasteiger partial charge < -0.3 is 9.88 Å². The zero-order chi connectivity index (χ0) is 22.3. The first-order valence-corrected chi connectivity index (χ1v) is 11.2. The molecule has 0 aliphatic carbocycles. The second kappa shape index (κ2) is 8.22. The van der Waals surface area contributed by atoms with E-state index in [1.807, 2.05) is 12.1 Å². The number of aromatic amines is 1. The first-order valence-electron chi connectivity index (χ1n) is 10.4. The highest BCUT2D eigenvalue weighted by Crippen LogP contribution is 2.34. The van der Waals surface area contributed by atoms with Crippen molar-refractivity contribution in [1.82, 2.24) is 14.3 Å². The van der Waals surface area contributed by atoms with E-state index in [2.05, 4.69) is 31.3 Å². The van der Waals surface area contributed by atoms with Crippen LogP contribution in [0.5, 0.6) is 0 Å². The second-order valence-electron chi connectivity index (χ2n) is 8.01. The normalized spacial score (nSPS) is 15.7. The van der Waals surface area contributed by atoms with E-state index in [-0.39, 0.29) is 10.9 Å². The number of nitrogens with zero attached hydrogens (tertiary/aromatic N) is 3. The molecule has 4 aromatic rings. The largest absolute Gasteiger partial charge is 0.417 e. The lowest BCUT2D eigenvalue weighted by molar-refractivity contribution is -0.136. The zero-order valence-electron chi connectivity index (χ0n) is 17.2. The monoisotopic (exact) mass is 458 g/mol. The summed E-state index contributed by atoms with van der Waals surface area (Å²) in [5.41, 5.74) is -0.605. The number of alkyl halides is 3. The Morgan fingerprint density at radius 3 is 2.56 bits per heavy atom. The van der Waals surface area contributed by atoms with Gasteiger partial charge in [0, 0.05) is 55.1 Å². The van der Waals surface area contributed by atoms with Gasteiger partial charge in [-0.25, -0.2) is 0 Å². The van der Waals surface area contributed by atoms with Crippen molar-refractivity contribution >= 4 is 38.3 Å². The number of aromatic nitrogens is 2. The van der Waals surface area contributed by atoms with Crippen LogP contribution in [0.4, 0.5) is 19.0 Å². The molecule has 0 saturated carbocycles. The summed E-state index contributed by atoms with van der Waals surface area (Å²) in [6, 6.07) is 13.8. The number of hydrogen-bond acceptors (Lipinski definition) is 5. The highest BCUT2D eigenvalue weighted by molar-refractivity contribution is 7.13. The van der Waals surface area contributed by atoms with Crippen molar-refractivity contribution in [1.29, 1.82) is 0 Å². The van der Waals surface area contributed by atoms with Crippen molar-refractivity contribution in [3.05, 3.63) is 70.0 Å². The molecule has 1 aliphatic heterocycles. The Balaban J connectivity index is 1.26. The number of piperazine rings is 1. The maximum atomic E-state index is 13.4. The van der Waals surface area contributed by atoms with Crippen LogP contribution in [-0.2, 0) is 12.6 Å². The topological polar surface area (TPSA) is 52.2 Å². The van der Waals surface area contributed by atoms with Gasteiger partial charge in [-0.3, -0.25) is 9.69 Å².